The number of hydrogen-bond acceptors (Lipinski definition) is 5. The number of sulfone groups is 1. The van der Waals surface area contributed by atoms with Crippen LogP contribution in [0.25, 0.3) is 0 Å². The van der Waals surface area contributed by atoms with Gasteiger partial charge in [0, 0.05) is 24.9 Å². The van der Waals surface area contributed by atoms with E-state index in [1.54, 1.807) is 31.2 Å². The minimum atomic E-state index is -3.66. The van der Waals surface area contributed by atoms with Crippen molar-refractivity contribution in [3.05, 3.63) is 64.7 Å². The molecule has 0 saturated carbocycles. The molecule has 28 heavy (non-hydrogen) atoms. The van der Waals surface area contributed by atoms with E-state index in [4.69, 9.17) is 0 Å². The molecular formula is C19H24N2O5S2. The fourth-order valence-electron chi connectivity index (χ4n) is 2.59. The lowest BCUT2D eigenvalue weighted by atomic mass is 10.1. The number of nitrogens with one attached hydrogen (secondary N) is 2. The van der Waals surface area contributed by atoms with Gasteiger partial charge in [-0.05, 0) is 48.7 Å². The summed E-state index contributed by atoms with van der Waals surface area (Å²) in [4.78, 5) is 12.4. The predicted octanol–water partition coefficient (Wildman–Crippen LogP) is 1.56. The first kappa shape index (κ1) is 22.1. The molecular weight excluding hydrogens is 400 g/mol. The zero-order chi connectivity index (χ0) is 20.9. The maximum Gasteiger partial charge on any atom is 0.251 e. The highest BCUT2D eigenvalue weighted by molar-refractivity contribution is 7.90. The molecule has 0 aliphatic carbocycles. The molecule has 0 spiro atoms. The second-order valence-corrected chi connectivity index (χ2v) is 10.6. The van der Waals surface area contributed by atoms with Gasteiger partial charge in [-0.1, -0.05) is 24.3 Å². The summed E-state index contributed by atoms with van der Waals surface area (Å²) in [5, 5.41) is 2.63. The number of hydrogen-bond donors (Lipinski definition) is 2. The maximum absolute atomic E-state index is 12.4. The van der Waals surface area contributed by atoms with Gasteiger partial charge in [-0.25, -0.2) is 21.6 Å². The first-order valence-electron chi connectivity index (χ1n) is 8.60. The molecule has 9 heteroatoms. The molecule has 0 aromatic heterocycles. The molecule has 0 bridgehead atoms. The minimum Gasteiger partial charge on any atom is -0.351 e. The Balaban J connectivity index is 1.89. The van der Waals surface area contributed by atoms with E-state index in [9.17, 15) is 21.6 Å². The summed E-state index contributed by atoms with van der Waals surface area (Å²) in [5.41, 5.74) is 2.46. The van der Waals surface area contributed by atoms with Crippen LogP contribution < -0.4 is 10.0 Å². The molecule has 0 fully saturated rings. The van der Waals surface area contributed by atoms with Crippen LogP contribution in [0.4, 0.5) is 0 Å². The number of amides is 1. The average Bonchev–Trinajstić information content (AvgIpc) is 2.60. The molecule has 2 N–H and O–H groups in total. The third-order valence-corrected chi connectivity index (χ3v) is 6.44. The Morgan fingerprint density at radius 1 is 0.929 bits per heavy atom. The van der Waals surface area contributed by atoms with E-state index in [1.165, 1.54) is 12.1 Å². The number of benzene rings is 2. The lowest BCUT2D eigenvalue weighted by Crippen LogP contribution is -2.35. The number of sulfonamides is 1. The van der Waals surface area contributed by atoms with Crippen LogP contribution in [0.15, 0.2) is 47.4 Å². The quantitative estimate of drug-likeness (QED) is 0.625. The first-order valence-corrected chi connectivity index (χ1v) is 12.1. The molecule has 1 amide bonds. The Labute approximate surface area is 166 Å². The van der Waals surface area contributed by atoms with E-state index in [0.29, 0.717) is 16.7 Å². The van der Waals surface area contributed by atoms with Crippen molar-refractivity contribution in [3.8, 4) is 0 Å². The number of carbonyl (C=O) groups is 1. The van der Waals surface area contributed by atoms with Crippen molar-refractivity contribution >= 4 is 25.8 Å². The van der Waals surface area contributed by atoms with Gasteiger partial charge in [0.2, 0.25) is 10.0 Å². The van der Waals surface area contributed by atoms with Gasteiger partial charge in [0.25, 0.3) is 5.91 Å². The molecule has 2 aromatic rings. The molecule has 0 heterocycles. The summed E-state index contributed by atoms with van der Waals surface area (Å²) in [7, 11) is -6.79. The van der Waals surface area contributed by atoms with E-state index >= 15 is 0 Å². The third kappa shape index (κ3) is 6.43. The molecule has 0 aliphatic rings. The third-order valence-electron chi connectivity index (χ3n) is 3.98. The SMILES string of the molecule is Cc1ccc(C)c(S(=O)(=O)NCCNC(=O)c2ccc(CS(C)(=O)=O)cc2)c1. The van der Waals surface area contributed by atoms with Gasteiger partial charge < -0.3 is 5.32 Å². The fraction of sp³-hybridized carbons (Fsp3) is 0.316. The molecule has 152 valence electrons. The van der Waals surface area contributed by atoms with Gasteiger partial charge in [0.1, 0.15) is 0 Å². The van der Waals surface area contributed by atoms with Gasteiger partial charge in [-0.3, -0.25) is 4.79 Å². The maximum atomic E-state index is 12.4. The standard InChI is InChI=1S/C19H24N2O5S2/c1-14-4-5-15(2)18(12-14)28(25,26)21-11-10-20-19(22)17-8-6-16(7-9-17)13-27(3,23)24/h4-9,12,21H,10-11,13H2,1-3H3,(H,20,22). The van der Waals surface area contributed by atoms with Crippen molar-refractivity contribution in [1.29, 1.82) is 0 Å². The molecule has 2 rings (SSSR count). The van der Waals surface area contributed by atoms with Crippen molar-refractivity contribution in [1.82, 2.24) is 10.0 Å². The van der Waals surface area contributed by atoms with Crippen molar-refractivity contribution in [2.45, 2.75) is 24.5 Å². The largest absolute Gasteiger partial charge is 0.351 e. The summed E-state index contributed by atoms with van der Waals surface area (Å²) >= 11 is 0. The van der Waals surface area contributed by atoms with E-state index in [1.807, 2.05) is 13.0 Å². The fourth-order valence-corrected chi connectivity index (χ4v) is 4.75. The Hall–Kier alpha value is -2.23. The molecule has 0 atom stereocenters. The lowest BCUT2D eigenvalue weighted by Gasteiger charge is -2.11. The molecule has 0 aliphatic heterocycles. The first-order chi connectivity index (χ1) is 13.0. The topological polar surface area (TPSA) is 109 Å². The van der Waals surface area contributed by atoms with Gasteiger partial charge in [0.05, 0.1) is 10.6 Å². The van der Waals surface area contributed by atoms with Crippen LogP contribution in [0, 0.1) is 13.8 Å². The van der Waals surface area contributed by atoms with Crippen LogP contribution >= 0.6 is 0 Å². The highest BCUT2D eigenvalue weighted by Crippen LogP contribution is 2.16. The van der Waals surface area contributed by atoms with Gasteiger partial charge in [-0.2, -0.15) is 0 Å². The summed E-state index contributed by atoms with van der Waals surface area (Å²) in [6, 6.07) is 11.4. The van der Waals surface area contributed by atoms with E-state index in [-0.39, 0.29) is 29.6 Å². The van der Waals surface area contributed by atoms with Crippen LogP contribution in [0.2, 0.25) is 0 Å². The van der Waals surface area contributed by atoms with Crippen molar-refractivity contribution in [2.24, 2.45) is 0 Å². The van der Waals surface area contributed by atoms with Crippen LogP contribution in [-0.4, -0.2) is 42.1 Å². The van der Waals surface area contributed by atoms with Crippen LogP contribution in [-0.2, 0) is 25.6 Å². The smallest absolute Gasteiger partial charge is 0.251 e. The van der Waals surface area contributed by atoms with Crippen LogP contribution in [0.5, 0.6) is 0 Å². The molecule has 2 aromatic carbocycles. The number of rotatable bonds is 8. The molecule has 0 radical (unpaired) electrons. The predicted molar refractivity (Wildman–Crippen MR) is 108 cm³/mol. The molecule has 7 nitrogen and oxygen atoms in total. The van der Waals surface area contributed by atoms with Gasteiger partial charge >= 0.3 is 0 Å². The second kappa shape index (κ2) is 8.85. The number of carbonyl (C=O) groups excluding carboxylic acids is 1. The molecule has 0 unspecified atom stereocenters. The monoisotopic (exact) mass is 424 g/mol. The average molecular weight is 425 g/mol. The summed E-state index contributed by atoms with van der Waals surface area (Å²) in [6.45, 7) is 3.71. The van der Waals surface area contributed by atoms with Crippen LogP contribution in [0.3, 0.4) is 0 Å². The van der Waals surface area contributed by atoms with E-state index < -0.39 is 19.9 Å². The van der Waals surface area contributed by atoms with E-state index in [0.717, 1.165) is 11.8 Å². The van der Waals surface area contributed by atoms with Crippen molar-refractivity contribution in [2.75, 3.05) is 19.3 Å². The van der Waals surface area contributed by atoms with Crippen molar-refractivity contribution in [3.63, 3.8) is 0 Å². The lowest BCUT2D eigenvalue weighted by molar-refractivity contribution is 0.0954. The Morgan fingerprint density at radius 2 is 1.57 bits per heavy atom. The summed E-state index contributed by atoms with van der Waals surface area (Å²) < 4.78 is 49.8. The highest BCUT2D eigenvalue weighted by Gasteiger charge is 2.16. The summed E-state index contributed by atoms with van der Waals surface area (Å²) in [6.07, 6.45) is 1.15. The zero-order valence-electron chi connectivity index (χ0n) is 16.0. The second-order valence-electron chi connectivity index (χ2n) is 6.69. The Kier molecular flexibility index (Phi) is 6.97. The van der Waals surface area contributed by atoms with Gasteiger partial charge in [-0.15, -0.1) is 0 Å². The van der Waals surface area contributed by atoms with Crippen LogP contribution in [0.1, 0.15) is 27.0 Å². The Morgan fingerprint density at radius 3 is 2.18 bits per heavy atom. The Bertz CT molecular complexity index is 1060. The molecule has 0 saturated heterocycles. The van der Waals surface area contributed by atoms with Gasteiger partial charge in [0.15, 0.2) is 9.84 Å². The normalized spacial score (nSPS) is 12.0. The van der Waals surface area contributed by atoms with E-state index in [2.05, 4.69) is 10.0 Å². The zero-order valence-corrected chi connectivity index (χ0v) is 17.7. The number of aryl methyl sites for hydroxylation is 2. The minimum absolute atomic E-state index is 0.0492. The van der Waals surface area contributed by atoms with Crippen molar-refractivity contribution < 1.29 is 21.6 Å². The summed E-state index contributed by atoms with van der Waals surface area (Å²) in [5.74, 6) is -0.452. The highest BCUT2D eigenvalue weighted by atomic mass is 32.2.